The van der Waals surface area contributed by atoms with Gasteiger partial charge in [0, 0.05) is 13.1 Å². The van der Waals surface area contributed by atoms with E-state index in [0.29, 0.717) is 0 Å². The lowest BCUT2D eigenvalue weighted by atomic mass is 10.1. The Morgan fingerprint density at radius 1 is 0.697 bits per heavy atom. The molecule has 190 valence electrons. The lowest BCUT2D eigenvalue weighted by Crippen LogP contribution is -2.36. The third-order valence-corrected chi connectivity index (χ3v) is 6.56. The van der Waals surface area contributed by atoms with E-state index in [4.69, 9.17) is 14.2 Å². The van der Waals surface area contributed by atoms with Gasteiger partial charge < -0.3 is 14.2 Å². The van der Waals surface area contributed by atoms with Gasteiger partial charge in [-0.25, -0.2) is 0 Å². The van der Waals surface area contributed by atoms with Gasteiger partial charge in [-0.3, -0.25) is 4.90 Å². The van der Waals surface area contributed by atoms with Gasteiger partial charge in [-0.1, -0.05) is 84.1 Å². The van der Waals surface area contributed by atoms with Gasteiger partial charge >= 0.3 is 0 Å². The second-order valence-corrected chi connectivity index (χ2v) is 9.57. The van der Waals surface area contributed by atoms with Crippen molar-refractivity contribution in [2.45, 2.75) is 104 Å². The number of hydrogen-bond acceptors (Lipinski definition) is 4. The molecule has 0 N–H and O–H groups in total. The number of morpholine rings is 1. The molecule has 4 nitrogen and oxygen atoms in total. The zero-order chi connectivity index (χ0) is 23.4. The topological polar surface area (TPSA) is 30.9 Å². The summed E-state index contributed by atoms with van der Waals surface area (Å²) in [4.78, 5) is 2.51. The standard InChI is InChI=1S/C29H51NO3/c1-3-5-7-9-11-13-22-32-28-18-17-27(16-15-19-30-20-24-31-25-21-30)26-29(28)33-23-14-12-10-8-6-4-2/h17-18,26H,3-16,19-25H2,1-2H3. The van der Waals surface area contributed by atoms with Gasteiger partial charge in [0.15, 0.2) is 11.5 Å². The van der Waals surface area contributed by atoms with Crippen molar-refractivity contribution in [3.05, 3.63) is 23.8 Å². The SMILES string of the molecule is CCCCCCCCOc1ccc(CCCN2CCOCC2)cc1OCCCCCCCC. The molecule has 4 heteroatoms. The molecule has 0 unspecified atom stereocenters. The molecular weight excluding hydrogens is 410 g/mol. The summed E-state index contributed by atoms with van der Waals surface area (Å²) in [5, 5.41) is 0. The van der Waals surface area contributed by atoms with Crippen LogP contribution in [0.5, 0.6) is 11.5 Å². The normalized spacial score (nSPS) is 14.5. The molecule has 1 heterocycles. The van der Waals surface area contributed by atoms with Crippen molar-refractivity contribution in [2.24, 2.45) is 0 Å². The predicted octanol–water partition coefficient (Wildman–Crippen LogP) is 7.43. The number of aryl methyl sites for hydroxylation is 1. The van der Waals surface area contributed by atoms with Gasteiger partial charge in [0.2, 0.25) is 0 Å². The van der Waals surface area contributed by atoms with Crippen molar-refractivity contribution in [3.8, 4) is 11.5 Å². The van der Waals surface area contributed by atoms with E-state index in [0.717, 1.165) is 76.8 Å². The molecule has 0 aliphatic carbocycles. The first-order valence-corrected chi connectivity index (χ1v) is 14.0. The van der Waals surface area contributed by atoms with Crippen LogP contribution in [-0.2, 0) is 11.2 Å². The van der Waals surface area contributed by atoms with Crippen LogP contribution < -0.4 is 9.47 Å². The second-order valence-electron chi connectivity index (χ2n) is 9.57. The van der Waals surface area contributed by atoms with E-state index in [1.165, 1.54) is 76.2 Å². The minimum Gasteiger partial charge on any atom is -0.490 e. The molecule has 0 atom stereocenters. The number of unbranched alkanes of at least 4 members (excludes halogenated alkanes) is 10. The Morgan fingerprint density at radius 3 is 1.91 bits per heavy atom. The molecule has 0 saturated carbocycles. The minimum absolute atomic E-state index is 0.788. The van der Waals surface area contributed by atoms with E-state index in [1.54, 1.807) is 0 Å². The van der Waals surface area contributed by atoms with Gasteiger partial charge in [-0.2, -0.15) is 0 Å². The Hall–Kier alpha value is -1.26. The number of hydrogen-bond donors (Lipinski definition) is 0. The highest BCUT2D eigenvalue weighted by atomic mass is 16.5. The van der Waals surface area contributed by atoms with Crippen molar-refractivity contribution in [2.75, 3.05) is 46.1 Å². The number of benzene rings is 1. The number of nitrogens with zero attached hydrogens (tertiary/aromatic N) is 1. The summed E-state index contributed by atoms with van der Waals surface area (Å²) in [6.07, 6.45) is 17.7. The van der Waals surface area contributed by atoms with E-state index in [-0.39, 0.29) is 0 Å². The maximum Gasteiger partial charge on any atom is 0.161 e. The van der Waals surface area contributed by atoms with Crippen LogP contribution in [0, 0.1) is 0 Å². The summed E-state index contributed by atoms with van der Waals surface area (Å²) >= 11 is 0. The minimum atomic E-state index is 0.788. The van der Waals surface area contributed by atoms with Gasteiger partial charge in [0.1, 0.15) is 0 Å². The van der Waals surface area contributed by atoms with E-state index in [2.05, 4.69) is 36.9 Å². The first-order chi connectivity index (χ1) is 16.3. The van der Waals surface area contributed by atoms with E-state index in [1.807, 2.05) is 0 Å². The lowest BCUT2D eigenvalue weighted by Gasteiger charge is -2.26. The van der Waals surface area contributed by atoms with Crippen LogP contribution in [-0.4, -0.2) is 51.0 Å². The molecule has 2 rings (SSSR count). The van der Waals surface area contributed by atoms with Crippen LogP contribution in [0.3, 0.4) is 0 Å². The smallest absolute Gasteiger partial charge is 0.161 e. The summed E-state index contributed by atoms with van der Waals surface area (Å²) in [6, 6.07) is 6.60. The number of ether oxygens (including phenoxy) is 3. The molecule has 0 amide bonds. The van der Waals surface area contributed by atoms with Crippen LogP contribution in [0.25, 0.3) is 0 Å². The van der Waals surface area contributed by atoms with Gasteiger partial charge in [0.25, 0.3) is 0 Å². The van der Waals surface area contributed by atoms with Crippen LogP contribution >= 0.6 is 0 Å². The maximum absolute atomic E-state index is 6.24. The van der Waals surface area contributed by atoms with Gasteiger partial charge in [-0.15, -0.1) is 0 Å². The fourth-order valence-electron chi connectivity index (χ4n) is 4.40. The second kappa shape index (κ2) is 19.1. The Bertz CT molecular complexity index is 586. The first kappa shape index (κ1) is 28.0. The van der Waals surface area contributed by atoms with E-state index in [9.17, 15) is 0 Å². The first-order valence-electron chi connectivity index (χ1n) is 14.0. The van der Waals surface area contributed by atoms with Gasteiger partial charge in [-0.05, 0) is 49.9 Å². The quantitative estimate of drug-likeness (QED) is 0.189. The van der Waals surface area contributed by atoms with Crippen molar-refractivity contribution in [1.82, 2.24) is 4.90 Å². The van der Waals surface area contributed by atoms with Crippen molar-refractivity contribution < 1.29 is 14.2 Å². The van der Waals surface area contributed by atoms with Crippen LogP contribution in [0.2, 0.25) is 0 Å². The summed E-state index contributed by atoms with van der Waals surface area (Å²) in [7, 11) is 0. The Balaban J connectivity index is 1.78. The fraction of sp³-hybridized carbons (Fsp3) is 0.793. The Labute approximate surface area is 204 Å². The zero-order valence-electron chi connectivity index (χ0n) is 21.8. The highest BCUT2D eigenvalue weighted by Crippen LogP contribution is 2.30. The molecule has 0 radical (unpaired) electrons. The van der Waals surface area contributed by atoms with E-state index < -0.39 is 0 Å². The molecule has 1 aromatic rings. The molecule has 1 fully saturated rings. The molecule has 0 spiro atoms. The molecule has 0 bridgehead atoms. The molecule has 1 saturated heterocycles. The summed E-state index contributed by atoms with van der Waals surface area (Å²) in [5.74, 6) is 1.87. The lowest BCUT2D eigenvalue weighted by molar-refractivity contribution is 0.0374. The summed E-state index contributed by atoms with van der Waals surface area (Å²) in [6.45, 7) is 11.1. The molecular formula is C29H51NO3. The third-order valence-electron chi connectivity index (χ3n) is 6.56. The third kappa shape index (κ3) is 13.3. The fourth-order valence-corrected chi connectivity index (χ4v) is 4.40. The molecule has 1 aliphatic rings. The van der Waals surface area contributed by atoms with Crippen molar-refractivity contribution in [3.63, 3.8) is 0 Å². The molecule has 1 aliphatic heterocycles. The highest BCUT2D eigenvalue weighted by Gasteiger charge is 2.11. The Morgan fingerprint density at radius 2 is 1.27 bits per heavy atom. The monoisotopic (exact) mass is 461 g/mol. The predicted molar refractivity (Wildman–Crippen MR) is 140 cm³/mol. The van der Waals surface area contributed by atoms with Crippen molar-refractivity contribution in [1.29, 1.82) is 0 Å². The average Bonchev–Trinajstić information content (AvgIpc) is 2.84. The zero-order valence-corrected chi connectivity index (χ0v) is 21.8. The summed E-state index contributed by atoms with van der Waals surface area (Å²) in [5.41, 5.74) is 1.35. The van der Waals surface area contributed by atoms with Gasteiger partial charge in [0.05, 0.1) is 26.4 Å². The molecule has 1 aromatic carbocycles. The largest absolute Gasteiger partial charge is 0.490 e. The molecule has 33 heavy (non-hydrogen) atoms. The van der Waals surface area contributed by atoms with Crippen LogP contribution in [0.4, 0.5) is 0 Å². The highest BCUT2D eigenvalue weighted by molar-refractivity contribution is 5.43. The van der Waals surface area contributed by atoms with E-state index >= 15 is 0 Å². The Kier molecular flexibility index (Phi) is 16.2. The maximum atomic E-state index is 6.24. The summed E-state index contributed by atoms with van der Waals surface area (Å²) < 4.78 is 17.9. The average molecular weight is 462 g/mol. The van der Waals surface area contributed by atoms with Crippen LogP contribution in [0.1, 0.15) is 103 Å². The van der Waals surface area contributed by atoms with Crippen LogP contribution in [0.15, 0.2) is 18.2 Å². The molecule has 0 aromatic heterocycles. The number of rotatable bonds is 20. The van der Waals surface area contributed by atoms with Crippen molar-refractivity contribution >= 4 is 0 Å².